The quantitative estimate of drug-likeness (QED) is 0.379. The van der Waals surface area contributed by atoms with Crippen molar-refractivity contribution in [1.82, 2.24) is 0 Å². The molecule has 8 heavy (non-hydrogen) atoms. The summed E-state index contributed by atoms with van der Waals surface area (Å²) in [5.74, 6) is -1.21. The maximum Gasteiger partial charge on any atom is 0.333 e. The Morgan fingerprint density at radius 2 is 2.25 bits per heavy atom. The van der Waals surface area contributed by atoms with E-state index in [-0.39, 0.29) is 0 Å². The molecule has 0 aliphatic rings. The van der Waals surface area contributed by atoms with Gasteiger partial charge in [0.2, 0.25) is 0 Å². The van der Waals surface area contributed by atoms with Crippen LogP contribution in [0.4, 0.5) is 4.39 Å². The highest BCUT2D eigenvalue weighted by Crippen LogP contribution is 1.91. The molecule has 0 aromatic rings. The SMILES string of the molecule is COC(=O)/C=C(/C)F. The van der Waals surface area contributed by atoms with Crippen LogP contribution < -0.4 is 0 Å². The van der Waals surface area contributed by atoms with E-state index in [0.717, 1.165) is 6.08 Å². The first-order valence-corrected chi connectivity index (χ1v) is 2.08. The van der Waals surface area contributed by atoms with Gasteiger partial charge >= 0.3 is 5.97 Å². The van der Waals surface area contributed by atoms with Gasteiger partial charge in [-0.15, -0.1) is 0 Å². The third kappa shape index (κ3) is 3.33. The fraction of sp³-hybridized carbons (Fsp3) is 0.400. The Bertz CT molecular complexity index is 114. The maximum atomic E-state index is 11.7. The second-order valence-electron chi connectivity index (χ2n) is 1.25. The Labute approximate surface area is 47.0 Å². The molecule has 0 aliphatic heterocycles. The minimum absolute atomic E-state index is 0.545. The summed E-state index contributed by atoms with van der Waals surface area (Å²) in [4.78, 5) is 10.1. The van der Waals surface area contributed by atoms with Gasteiger partial charge in [-0.3, -0.25) is 0 Å². The smallest absolute Gasteiger partial charge is 0.333 e. The second-order valence-corrected chi connectivity index (χ2v) is 1.25. The predicted octanol–water partition coefficient (Wildman–Crippen LogP) is 1.03. The Kier molecular flexibility index (Phi) is 2.84. The number of halogens is 1. The second kappa shape index (κ2) is 3.18. The van der Waals surface area contributed by atoms with Gasteiger partial charge in [-0.05, 0) is 6.92 Å². The van der Waals surface area contributed by atoms with Crippen molar-refractivity contribution in [2.24, 2.45) is 0 Å². The number of carbonyl (C=O) groups excluding carboxylic acids is 1. The summed E-state index contributed by atoms with van der Waals surface area (Å²) in [6, 6.07) is 0. The lowest BCUT2D eigenvalue weighted by Crippen LogP contribution is -1.93. The van der Waals surface area contributed by atoms with E-state index in [9.17, 15) is 9.18 Å². The predicted molar refractivity (Wildman–Crippen MR) is 26.9 cm³/mol. The molecular formula is C5H7FO2. The van der Waals surface area contributed by atoms with Gasteiger partial charge in [0, 0.05) is 0 Å². The van der Waals surface area contributed by atoms with Crippen LogP contribution in [0.5, 0.6) is 0 Å². The number of hydrogen-bond donors (Lipinski definition) is 0. The van der Waals surface area contributed by atoms with Gasteiger partial charge in [0.25, 0.3) is 0 Å². The molecule has 0 N–H and O–H groups in total. The molecular weight excluding hydrogens is 111 g/mol. The molecule has 0 amide bonds. The van der Waals surface area contributed by atoms with Crippen LogP contribution in [0.15, 0.2) is 11.9 Å². The molecule has 3 heteroatoms. The van der Waals surface area contributed by atoms with Crippen LogP contribution in [-0.2, 0) is 9.53 Å². The van der Waals surface area contributed by atoms with E-state index in [2.05, 4.69) is 4.74 Å². The van der Waals surface area contributed by atoms with Gasteiger partial charge in [-0.1, -0.05) is 0 Å². The van der Waals surface area contributed by atoms with Crippen LogP contribution in [0.2, 0.25) is 0 Å². The first-order chi connectivity index (χ1) is 3.66. The van der Waals surface area contributed by atoms with Crippen molar-refractivity contribution in [3.63, 3.8) is 0 Å². The highest BCUT2D eigenvalue weighted by molar-refractivity contribution is 5.82. The van der Waals surface area contributed by atoms with E-state index >= 15 is 0 Å². The lowest BCUT2D eigenvalue weighted by molar-refractivity contribution is -0.134. The summed E-state index contributed by atoms with van der Waals surface area (Å²) in [5, 5.41) is 0. The molecule has 0 rings (SSSR count). The minimum atomic E-state index is -0.662. The topological polar surface area (TPSA) is 26.3 Å². The van der Waals surface area contributed by atoms with Crippen LogP contribution in [0.3, 0.4) is 0 Å². The lowest BCUT2D eigenvalue weighted by Gasteiger charge is -1.86. The number of allylic oxidation sites excluding steroid dienone is 1. The van der Waals surface area contributed by atoms with Crippen molar-refractivity contribution in [1.29, 1.82) is 0 Å². The van der Waals surface area contributed by atoms with Gasteiger partial charge in [-0.25, -0.2) is 9.18 Å². The van der Waals surface area contributed by atoms with Crippen molar-refractivity contribution in [2.75, 3.05) is 7.11 Å². The Balaban J connectivity index is 3.70. The normalized spacial score (nSPS) is 11.1. The Morgan fingerprint density at radius 3 is 2.38 bits per heavy atom. The number of carbonyl (C=O) groups is 1. The van der Waals surface area contributed by atoms with E-state index in [0.29, 0.717) is 0 Å². The number of ether oxygens (including phenoxy) is 1. The molecule has 0 aromatic heterocycles. The third-order valence-electron chi connectivity index (χ3n) is 0.518. The average Bonchev–Trinajstić information content (AvgIpc) is 1.65. The number of rotatable bonds is 1. The third-order valence-corrected chi connectivity index (χ3v) is 0.518. The van der Waals surface area contributed by atoms with Crippen molar-refractivity contribution in [3.8, 4) is 0 Å². The van der Waals surface area contributed by atoms with E-state index in [4.69, 9.17) is 0 Å². The molecule has 0 bridgehead atoms. The molecule has 0 saturated heterocycles. The number of methoxy groups -OCH3 is 1. The Hall–Kier alpha value is -0.860. The fourth-order valence-electron chi connectivity index (χ4n) is 0.221. The molecule has 0 atom stereocenters. The van der Waals surface area contributed by atoms with E-state index in [1.807, 2.05) is 0 Å². The standard InChI is InChI=1S/C5H7FO2/c1-4(6)3-5(7)8-2/h3H,1-2H3/b4-3-. The first-order valence-electron chi connectivity index (χ1n) is 2.08. The van der Waals surface area contributed by atoms with Crippen LogP contribution in [0, 0.1) is 0 Å². The number of hydrogen-bond acceptors (Lipinski definition) is 2. The van der Waals surface area contributed by atoms with Gasteiger partial charge in [0.15, 0.2) is 0 Å². The first kappa shape index (κ1) is 7.14. The minimum Gasteiger partial charge on any atom is -0.466 e. The average molecular weight is 118 g/mol. The molecule has 2 nitrogen and oxygen atoms in total. The zero-order valence-corrected chi connectivity index (χ0v) is 4.77. The highest BCUT2D eigenvalue weighted by atomic mass is 19.1. The van der Waals surface area contributed by atoms with E-state index < -0.39 is 11.8 Å². The molecule has 0 fully saturated rings. The maximum absolute atomic E-state index is 11.7. The van der Waals surface area contributed by atoms with Crippen molar-refractivity contribution in [2.45, 2.75) is 6.92 Å². The molecule has 0 saturated carbocycles. The zero-order valence-electron chi connectivity index (χ0n) is 4.77. The van der Waals surface area contributed by atoms with Crippen LogP contribution >= 0.6 is 0 Å². The lowest BCUT2D eigenvalue weighted by atomic mass is 10.5. The van der Waals surface area contributed by atoms with Crippen LogP contribution in [0.25, 0.3) is 0 Å². The Morgan fingerprint density at radius 1 is 1.75 bits per heavy atom. The van der Waals surface area contributed by atoms with Crippen molar-refractivity contribution >= 4 is 5.97 Å². The van der Waals surface area contributed by atoms with E-state index in [1.165, 1.54) is 14.0 Å². The monoisotopic (exact) mass is 118 g/mol. The number of esters is 1. The summed E-state index contributed by atoms with van der Waals surface area (Å²) in [6.07, 6.45) is 0.778. The molecule has 0 aromatic carbocycles. The van der Waals surface area contributed by atoms with Crippen LogP contribution in [-0.4, -0.2) is 13.1 Å². The van der Waals surface area contributed by atoms with E-state index in [1.54, 1.807) is 0 Å². The largest absolute Gasteiger partial charge is 0.466 e. The fourth-order valence-corrected chi connectivity index (χ4v) is 0.221. The van der Waals surface area contributed by atoms with Crippen LogP contribution in [0.1, 0.15) is 6.92 Å². The van der Waals surface area contributed by atoms with Crippen molar-refractivity contribution in [3.05, 3.63) is 11.9 Å². The molecule has 0 unspecified atom stereocenters. The molecule has 0 spiro atoms. The van der Waals surface area contributed by atoms with Gasteiger partial charge < -0.3 is 4.74 Å². The van der Waals surface area contributed by atoms with Gasteiger partial charge in [0.05, 0.1) is 13.2 Å². The molecule has 46 valence electrons. The highest BCUT2D eigenvalue weighted by Gasteiger charge is 1.92. The summed E-state index contributed by atoms with van der Waals surface area (Å²) in [5.41, 5.74) is 0. The molecule has 0 heterocycles. The van der Waals surface area contributed by atoms with Gasteiger partial charge in [0.1, 0.15) is 5.83 Å². The zero-order chi connectivity index (χ0) is 6.57. The summed E-state index contributed by atoms with van der Waals surface area (Å²) in [7, 11) is 1.20. The summed E-state index contributed by atoms with van der Waals surface area (Å²) in [6.45, 7) is 1.18. The summed E-state index contributed by atoms with van der Waals surface area (Å²) < 4.78 is 15.8. The molecule has 0 radical (unpaired) electrons. The summed E-state index contributed by atoms with van der Waals surface area (Å²) >= 11 is 0. The molecule has 0 aliphatic carbocycles. The van der Waals surface area contributed by atoms with Gasteiger partial charge in [-0.2, -0.15) is 0 Å². The van der Waals surface area contributed by atoms with Crippen molar-refractivity contribution < 1.29 is 13.9 Å².